The molecule has 3 N–H and O–H groups in total. The Hall–Kier alpha value is -0.610. The van der Waals surface area contributed by atoms with Gasteiger partial charge in [-0.2, -0.15) is 0 Å². The van der Waals surface area contributed by atoms with Crippen molar-refractivity contribution in [3.05, 3.63) is 0 Å². The Kier molecular flexibility index (Phi) is 6.65. The minimum Gasteiger partial charge on any atom is -0.355 e. The second-order valence-corrected chi connectivity index (χ2v) is 5.48. The molecule has 0 spiro atoms. The molecule has 1 saturated carbocycles. The molecule has 106 valence electrons. The lowest BCUT2D eigenvalue weighted by atomic mass is 10.0. The fourth-order valence-corrected chi connectivity index (χ4v) is 2.84. The zero-order chi connectivity index (χ0) is 13.5. The number of likely N-dealkylation sites (N-methyl/N-ethyl adjacent to an activating group) is 1. The summed E-state index contributed by atoms with van der Waals surface area (Å²) in [4.78, 5) is 14.2. The normalized spacial score (nSPS) is 25.4. The predicted octanol–water partition coefficient (Wildman–Crippen LogP) is 1.35. The fourth-order valence-electron chi connectivity index (χ4n) is 2.84. The van der Waals surface area contributed by atoms with Gasteiger partial charge in [-0.25, -0.2) is 0 Å². The van der Waals surface area contributed by atoms with Gasteiger partial charge in [0.2, 0.25) is 5.91 Å². The fraction of sp³-hybridized carbons (Fsp3) is 0.929. The van der Waals surface area contributed by atoms with Gasteiger partial charge in [0, 0.05) is 12.6 Å². The van der Waals surface area contributed by atoms with Crippen LogP contribution in [0, 0.1) is 5.92 Å². The topological polar surface area (TPSA) is 58.4 Å². The van der Waals surface area contributed by atoms with E-state index in [1.165, 1.54) is 19.3 Å². The van der Waals surface area contributed by atoms with Gasteiger partial charge in [0.05, 0.1) is 6.04 Å². The summed E-state index contributed by atoms with van der Waals surface area (Å²) in [5.74, 6) is 0.703. The molecule has 4 nitrogen and oxygen atoms in total. The van der Waals surface area contributed by atoms with Crippen LogP contribution in [0.2, 0.25) is 0 Å². The van der Waals surface area contributed by atoms with Crippen molar-refractivity contribution in [1.29, 1.82) is 0 Å². The summed E-state index contributed by atoms with van der Waals surface area (Å²) in [6.45, 7) is 5.65. The molecule has 4 heteroatoms. The quantitative estimate of drug-likeness (QED) is 0.675. The van der Waals surface area contributed by atoms with E-state index in [4.69, 9.17) is 5.73 Å². The van der Waals surface area contributed by atoms with Crippen molar-refractivity contribution >= 4 is 5.91 Å². The number of hydrogen-bond acceptors (Lipinski definition) is 3. The van der Waals surface area contributed by atoms with E-state index in [2.05, 4.69) is 24.2 Å². The van der Waals surface area contributed by atoms with Gasteiger partial charge in [-0.1, -0.05) is 19.8 Å². The highest BCUT2D eigenvalue weighted by molar-refractivity contribution is 5.81. The Balaban J connectivity index is 2.44. The number of carbonyl (C=O) groups is 1. The molecule has 0 aliphatic heterocycles. The highest BCUT2D eigenvalue weighted by Crippen LogP contribution is 2.29. The lowest BCUT2D eigenvalue weighted by Gasteiger charge is -2.33. The zero-order valence-electron chi connectivity index (χ0n) is 12.1. The Morgan fingerprint density at radius 3 is 2.83 bits per heavy atom. The van der Waals surface area contributed by atoms with E-state index in [1.54, 1.807) is 0 Å². The highest BCUT2D eigenvalue weighted by atomic mass is 16.2. The lowest BCUT2D eigenvalue weighted by Crippen LogP contribution is -2.49. The third-order valence-electron chi connectivity index (χ3n) is 4.26. The summed E-state index contributed by atoms with van der Waals surface area (Å²) in [7, 11) is 2.06. The molecule has 0 aromatic carbocycles. The molecule has 18 heavy (non-hydrogen) atoms. The van der Waals surface area contributed by atoms with Crippen LogP contribution in [0.25, 0.3) is 0 Å². The third kappa shape index (κ3) is 3.95. The van der Waals surface area contributed by atoms with Gasteiger partial charge in [0.1, 0.15) is 0 Å². The second kappa shape index (κ2) is 7.74. The maximum Gasteiger partial charge on any atom is 0.237 e. The van der Waals surface area contributed by atoms with Gasteiger partial charge in [0.15, 0.2) is 0 Å². The van der Waals surface area contributed by atoms with Crippen molar-refractivity contribution < 1.29 is 4.79 Å². The Bertz CT molecular complexity index is 257. The molecular weight excluding hydrogens is 226 g/mol. The Labute approximate surface area is 111 Å². The van der Waals surface area contributed by atoms with E-state index in [1.807, 2.05) is 6.92 Å². The Morgan fingerprint density at radius 1 is 1.50 bits per heavy atom. The van der Waals surface area contributed by atoms with Crippen LogP contribution in [0.15, 0.2) is 0 Å². The lowest BCUT2D eigenvalue weighted by molar-refractivity contribution is -0.126. The first-order valence-electron chi connectivity index (χ1n) is 7.31. The van der Waals surface area contributed by atoms with Crippen LogP contribution < -0.4 is 11.1 Å². The molecule has 0 bridgehead atoms. The van der Waals surface area contributed by atoms with Crippen LogP contribution in [-0.2, 0) is 4.79 Å². The van der Waals surface area contributed by atoms with Gasteiger partial charge in [-0.15, -0.1) is 0 Å². The highest BCUT2D eigenvalue weighted by Gasteiger charge is 2.33. The molecule has 1 amide bonds. The summed E-state index contributed by atoms with van der Waals surface area (Å²) >= 11 is 0. The monoisotopic (exact) mass is 255 g/mol. The first kappa shape index (κ1) is 15.4. The van der Waals surface area contributed by atoms with Gasteiger partial charge in [-0.3, -0.25) is 9.69 Å². The molecule has 0 saturated heterocycles. The summed E-state index contributed by atoms with van der Waals surface area (Å²) in [6.07, 6.45) is 5.78. The van der Waals surface area contributed by atoms with E-state index >= 15 is 0 Å². The second-order valence-electron chi connectivity index (χ2n) is 5.48. The van der Waals surface area contributed by atoms with Crippen LogP contribution >= 0.6 is 0 Å². The third-order valence-corrected chi connectivity index (χ3v) is 4.26. The van der Waals surface area contributed by atoms with E-state index < -0.39 is 0 Å². The standard InChI is InChI=1S/C14H29N3O/c1-4-5-9-16-14(18)11(2)17(3)13-8-6-7-12(13)10-15/h11-13H,4-10,15H2,1-3H3,(H,16,18). The average Bonchev–Trinajstić information content (AvgIpc) is 2.85. The number of hydrogen-bond donors (Lipinski definition) is 2. The van der Waals surface area contributed by atoms with Crippen molar-refractivity contribution in [1.82, 2.24) is 10.2 Å². The first-order valence-corrected chi connectivity index (χ1v) is 7.31. The average molecular weight is 255 g/mol. The molecule has 0 heterocycles. The smallest absolute Gasteiger partial charge is 0.237 e. The van der Waals surface area contributed by atoms with Crippen molar-refractivity contribution in [2.24, 2.45) is 11.7 Å². The van der Waals surface area contributed by atoms with Crippen molar-refractivity contribution in [3.8, 4) is 0 Å². The van der Waals surface area contributed by atoms with Crippen LogP contribution in [0.1, 0.15) is 46.0 Å². The van der Waals surface area contributed by atoms with E-state index in [9.17, 15) is 4.79 Å². The number of amides is 1. The minimum absolute atomic E-state index is 0.0565. The Morgan fingerprint density at radius 2 is 2.22 bits per heavy atom. The van der Waals surface area contributed by atoms with E-state index in [-0.39, 0.29) is 11.9 Å². The number of nitrogens with two attached hydrogens (primary N) is 1. The molecule has 3 atom stereocenters. The largest absolute Gasteiger partial charge is 0.355 e. The van der Waals surface area contributed by atoms with Crippen molar-refractivity contribution in [2.45, 2.75) is 58.0 Å². The molecule has 3 unspecified atom stereocenters. The molecule has 0 aromatic rings. The maximum absolute atomic E-state index is 12.0. The van der Waals surface area contributed by atoms with Crippen LogP contribution in [0.5, 0.6) is 0 Å². The van der Waals surface area contributed by atoms with Crippen LogP contribution in [0.3, 0.4) is 0 Å². The van der Waals surface area contributed by atoms with Gasteiger partial charge < -0.3 is 11.1 Å². The van der Waals surface area contributed by atoms with Gasteiger partial charge >= 0.3 is 0 Å². The molecule has 1 fully saturated rings. The van der Waals surface area contributed by atoms with E-state index in [0.717, 1.165) is 25.9 Å². The number of nitrogens with one attached hydrogen (secondary N) is 1. The summed E-state index contributed by atoms with van der Waals surface area (Å²) in [5.41, 5.74) is 5.81. The molecule has 1 rings (SSSR count). The van der Waals surface area contributed by atoms with Gasteiger partial charge in [-0.05, 0) is 45.7 Å². The zero-order valence-corrected chi connectivity index (χ0v) is 12.1. The summed E-state index contributed by atoms with van der Waals surface area (Å²) in [5, 5.41) is 3.01. The van der Waals surface area contributed by atoms with Crippen molar-refractivity contribution in [2.75, 3.05) is 20.1 Å². The SMILES string of the molecule is CCCCNC(=O)C(C)N(C)C1CCCC1CN. The first-order chi connectivity index (χ1) is 8.61. The van der Waals surface area contributed by atoms with Crippen molar-refractivity contribution in [3.63, 3.8) is 0 Å². The molecule has 0 radical (unpaired) electrons. The molecule has 0 aromatic heterocycles. The van der Waals surface area contributed by atoms with Crippen LogP contribution in [0.4, 0.5) is 0 Å². The number of rotatable bonds is 7. The predicted molar refractivity (Wildman–Crippen MR) is 75.3 cm³/mol. The van der Waals surface area contributed by atoms with Gasteiger partial charge in [0.25, 0.3) is 0 Å². The number of unbranched alkanes of at least 4 members (excludes halogenated alkanes) is 1. The summed E-state index contributed by atoms with van der Waals surface area (Å²) < 4.78 is 0. The maximum atomic E-state index is 12.0. The van der Waals surface area contributed by atoms with Crippen LogP contribution in [-0.4, -0.2) is 43.0 Å². The van der Waals surface area contributed by atoms with E-state index in [0.29, 0.717) is 12.0 Å². The molecule has 1 aliphatic rings. The molecular formula is C14H29N3O. The summed E-state index contributed by atoms with van der Waals surface area (Å²) in [6, 6.07) is 0.418. The number of carbonyl (C=O) groups excluding carboxylic acids is 1. The number of nitrogens with zero attached hydrogens (tertiary/aromatic N) is 1. The minimum atomic E-state index is -0.0565. The molecule has 1 aliphatic carbocycles.